The van der Waals surface area contributed by atoms with Crippen LogP contribution in [0.25, 0.3) is 16.9 Å². The van der Waals surface area contributed by atoms with Crippen molar-refractivity contribution in [2.45, 2.75) is 32.1 Å². The summed E-state index contributed by atoms with van der Waals surface area (Å²) in [5.41, 5.74) is 3.53. The zero-order chi connectivity index (χ0) is 22.6. The fourth-order valence-corrected chi connectivity index (χ4v) is 4.39. The number of nitrogens with zero attached hydrogens (tertiary/aromatic N) is 3. The first-order chi connectivity index (χ1) is 16.2. The predicted octanol–water partition coefficient (Wildman–Crippen LogP) is 5.59. The van der Waals surface area contributed by atoms with Crippen molar-refractivity contribution in [2.75, 3.05) is 11.9 Å². The molecule has 1 fully saturated rings. The molecule has 7 heteroatoms. The van der Waals surface area contributed by atoms with Gasteiger partial charge in [-0.05, 0) is 67.3 Å². The second kappa shape index (κ2) is 9.40. The van der Waals surface area contributed by atoms with Gasteiger partial charge in [-0.2, -0.15) is 4.98 Å². The maximum absolute atomic E-state index is 13.7. The molecular formula is C26H26FN5O. The number of hydrogen-bond donors (Lipinski definition) is 2. The van der Waals surface area contributed by atoms with Gasteiger partial charge >= 0.3 is 0 Å². The van der Waals surface area contributed by atoms with Crippen LogP contribution in [-0.2, 0) is 0 Å². The van der Waals surface area contributed by atoms with E-state index < -0.39 is 0 Å². The number of aromatic nitrogens is 3. The van der Waals surface area contributed by atoms with Crippen LogP contribution in [0.2, 0.25) is 0 Å². The fraction of sp³-hybridized carbons (Fsp3) is 0.269. The molecule has 2 heterocycles. The Morgan fingerprint density at radius 3 is 2.58 bits per heavy atom. The highest BCUT2D eigenvalue weighted by Gasteiger charge is 2.15. The molecule has 1 aliphatic rings. The van der Waals surface area contributed by atoms with Crippen molar-refractivity contribution in [3.63, 3.8) is 0 Å². The van der Waals surface area contributed by atoms with Crippen LogP contribution in [-0.4, -0.2) is 27.0 Å². The van der Waals surface area contributed by atoms with Gasteiger partial charge in [-0.3, -0.25) is 4.79 Å². The van der Waals surface area contributed by atoms with Crippen LogP contribution in [0.1, 0.15) is 42.5 Å². The number of benzene rings is 2. The van der Waals surface area contributed by atoms with Gasteiger partial charge in [-0.1, -0.05) is 37.5 Å². The zero-order valence-corrected chi connectivity index (χ0v) is 18.3. The number of rotatable bonds is 6. The average molecular weight is 444 g/mol. The third kappa shape index (κ3) is 4.87. The Morgan fingerprint density at radius 1 is 1.00 bits per heavy atom. The number of anilines is 2. The van der Waals surface area contributed by atoms with Gasteiger partial charge in [-0.15, -0.1) is 5.10 Å². The van der Waals surface area contributed by atoms with Crippen molar-refractivity contribution in [2.24, 2.45) is 5.92 Å². The van der Waals surface area contributed by atoms with Crippen LogP contribution in [0.3, 0.4) is 0 Å². The minimum Gasteiger partial charge on any atom is -0.352 e. The Hall–Kier alpha value is -3.74. The van der Waals surface area contributed by atoms with Crippen molar-refractivity contribution in [3.8, 4) is 11.3 Å². The number of carbonyl (C=O) groups is 1. The monoisotopic (exact) mass is 443 g/mol. The smallest absolute Gasteiger partial charge is 0.251 e. The molecule has 1 amide bonds. The third-order valence-electron chi connectivity index (χ3n) is 6.16. The van der Waals surface area contributed by atoms with Crippen LogP contribution < -0.4 is 10.6 Å². The van der Waals surface area contributed by atoms with Crippen LogP contribution in [0.5, 0.6) is 0 Å². The van der Waals surface area contributed by atoms with E-state index in [-0.39, 0.29) is 11.7 Å². The Balaban J connectivity index is 1.28. The van der Waals surface area contributed by atoms with E-state index in [2.05, 4.69) is 20.7 Å². The van der Waals surface area contributed by atoms with Gasteiger partial charge in [0.05, 0.1) is 5.69 Å². The van der Waals surface area contributed by atoms with E-state index >= 15 is 0 Å². The molecule has 0 radical (unpaired) electrons. The summed E-state index contributed by atoms with van der Waals surface area (Å²) in [5, 5.41) is 10.8. The lowest BCUT2D eigenvalue weighted by molar-refractivity contribution is 0.0943. The number of fused-ring (bicyclic) bond motifs is 1. The molecule has 0 saturated heterocycles. The van der Waals surface area contributed by atoms with Gasteiger partial charge in [0.15, 0.2) is 5.65 Å². The number of carbonyl (C=O) groups excluding carboxylic acids is 1. The van der Waals surface area contributed by atoms with E-state index in [1.165, 1.54) is 44.2 Å². The van der Waals surface area contributed by atoms with Gasteiger partial charge in [0.1, 0.15) is 5.82 Å². The molecular weight excluding hydrogens is 417 g/mol. The molecule has 4 aromatic rings. The standard InChI is InChI=1S/C26H26FN5O/c27-21-9-4-8-20(16-21)23-10-5-11-24-30-26(31-32(23)24)29-22-14-12-19(13-15-22)25(33)28-17-18-6-2-1-3-7-18/h4-5,8-16,18H,1-3,6-7,17H2,(H,28,33)(H,29,31). The molecule has 0 aliphatic heterocycles. The lowest BCUT2D eigenvalue weighted by atomic mass is 9.89. The largest absolute Gasteiger partial charge is 0.352 e. The Bertz CT molecular complexity index is 1260. The number of amides is 1. The molecule has 1 saturated carbocycles. The molecule has 33 heavy (non-hydrogen) atoms. The van der Waals surface area contributed by atoms with E-state index in [0.717, 1.165) is 23.5 Å². The van der Waals surface area contributed by atoms with Gasteiger partial charge < -0.3 is 10.6 Å². The summed E-state index contributed by atoms with van der Waals surface area (Å²) in [5.74, 6) is 0.680. The minimum atomic E-state index is -0.300. The maximum atomic E-state index is 13.7. The van der Waals surface area contributed by atoms with E-state index in [1.807, 2.05) is 36.4 Å². The maximum Gasteiger partial charge on any atom is 0.251 e. The van der Waals surface area contributed by atoms with Crippen LogP contribution >= 0.6 is 0 Å². The topological polar surface area (TPSA) is 71.3 Å². The summed E-state index contributed by atoms with van der Waals surface area (Å²) in [6.07, 6.45) is 6.25. The molecule has 6 nitrogen and oxygen atoms in total. The van der Waals surface area contributed by atoms with E-state index in [1.54, 1.807) is 22.7 Å². The number of halogens is 1. The first kappa shape index (κ1) is 21.1. The number of pyridine rings is 1. The van der Waals surface area contributed by atoms with Gasteiger partial charge in [0, 0.05) is 23.4 Å². The van der Waals surface area contributed by atoms with Crippen molar-refractivity contribution in [1.82, 2.24) is 19.9 Å². The van der Waals surface area contributed by atoms with Crippen LogP contribution in [0, 0.1) is 11.7 Å². The SMILES string of the molecule is O=C(NCC1CCCCC1)c1ccc(Nc2nc3cccc(-c4cccc(F)c4)n3n2)cc1. The summed E-state index contributed by atoms with van der Waals surface area (Å²) < 4.78 is 15.4. The quantitative estimate of drug-likeness (QED) is 0.408. The molecule has 0 unspecified atom stereocenters. The molecule has 2 aromatic heterocycles. The minimum absolute atomic E-state index is 0.0438. The van der Waals surface area contributed by atoms with Crippen molar-refractivity contribution < 1.29 is 9.18 Å². The second-order valence-corrected chi connectivity index (χ2v) is 8.54. The first-order valence-corrected chi connectivity index (χ1v) is 11.4. The van der Waals surface area contributed by atoms with Gasteiger partial charge in [0.2, 0.25) is 5.95 Å². The van der Waals surface area contributed by atoms with Gasteiger partial charge in [0.25, 0.3) is 5.91 Å². The third-order valence-corrected chi connectivity index (χ3v) is 6.16. The highest BCUT2D eigenvalue weighted by molar-refractivity contribution is 5.94. The lowest BCUT2D eigenvalue weighted by Gasteiger charge is -2.21. The van der Waals surface area contributed by atoms with E-state index in [4.69, 9.17) is 0 Å². The first-order valence-electron chi connectivity index (χ1n) is 11.4. The van der Waals surface area contributed by atoms with Crippen molar-refractivity contribution in [3.05, 3.63) is 78.1 Å². The van der Waals surface area contributed by atoms with Crippen molar-refractivity contribution >= 4 is 23.2 Å². The molecule has 1 aliphatic carbocycles. The molecule has 2 N–H and O–H groups in total. The molecule has 168 valence electrons. The lowest BCUT2D eigenvalue weighted by Crippen LogP contribution is -2.30. The second-order valence-electron chi connectivity index (χ2n) is 8.54. The highest BCUT2D eigenvalue weighted by atomic mass is 19.1. The Labute approximate surface area is 191 Å². The van der Waals surface area contributed by atoms with E-state index in [9.17, 15) is 9.18 Å². The number of hydrogen-bond acceptors (Lipinski definition) is 4. The van der Waals surface area contributed by atoms with Gasteiger partial charge in [-0.25, -0.2) is 8.91 Å². The summed E-state index contributed by atoms with van der Waals surface area (Å²) in [7, 11) is 0. The van der Waals surface area contributed by atoms with E-state index in [0.29, 0.717) is 23.1 Å². The zero-order valence-electron chi connectivity index (χ0n) is 18.3. The fourth-order valence-electron chi connectivity index (χ4n) is 4.39. The normalized spacial score (nSPS) is 14.3. The molecule has 2 aromatic carbocycles. The van der Waals surface area contributed by atoms with Crippen molar-refractivity contribution in [1.29, 1.82) is 0 Å². The highest BCUT2D eigenvalue weighted by Crippen LogP contribution is 2.24. The summed E-state index contributed by atoms with van der Waals surface area (Å²) in [4.78, 5) is 17.0. The molecule has 5 rings (SSSR count). The van der Waals surface area contributed by atoms with Crippen LogP contribution in [0.4, 0.5) is 16.0 Å². The summed E-state index contributed by atoms with van der Waals surface area (Å²) >= 11 is 0. The summed E-state index contributed by atoms with van der Waals surface area (Å²) in [6.45, 7) is 0.748. The summed E-state index contributed by atoms with van der Waals surface area (Å²) in [6, 6.07) is 19.3. The molecule has 0 atom stereocenters. The molecule has 0 bridgehead atoms. The Morgan fingerprint density at radius 2 is 1.79 bits per heavy atom. The van der Waals surface area contributed by atoms with Crippen LogP contribution in [0.15, 0.2) is 66.7 Å². The predicted molar refractivity (Wildman–Crippen MR) is 127 cm³/mol. The Kier molecular flexibility index (Phi) is 6.02. The molecule has 0 spiro atoms. The average Bonchev–Trinajstić information content (AvgIpc) is 3.26. The number of nitrogens with one attached hydrogen (secondary N) is 2.